The van der Waals surface area contributed by atoms with Crippen LogP contribution in [0.1, 0.15) is 0 Å². The van der Waals surface area contributed by atoms with Crippen molar-refractivity contribution < 1.29 is 9.84 Å². The summed E-state index contributed by atoms with van der Waals surface area (Å²) in [6, 6.07) is 3.77. The molecule has 0 atom stereocenters. The summed E-state index contributed by atoms with van der Waals surface area (Å²) >= 11 is 0. The Morgan fingerprint density at radius 2 is 2.29 bits per heavy atom. The van der Waals surface area contributed by atoms with Crippen LogP contribution < -0.4 is 4.90 Å². The van der Waals surface area contributed by atoms with E-state index in [1.54, 1.807) is 10.7 Å². The average Bonchev–Trinajstić information content (AvgIpc) is 2.81. The van der Waals surface area contributed by atoms with Crippen LogP contribution in [0.15, 0.2) is 24.5 Å². The quantitative estimate of drug-likeness (QED) is 0.725. The third kappa shape index (κ3) is 2.92. The zero-order chi connectivity index (χ0) is 12.1. The molecule has 0 radical (unpaired) electrons. The fraction of sp³-hybridized carbons (Fsp3) is 0.455. The SMILES string of the molecule is CN(CCOCCO)c1ccn2nccc2n1. The minimum Gasteiger partial charge on any atom is -0.394 e. The van der Waals surface area contributed by atoms with Gasteiger partial charge in [-0.25, -0.2) is 9.50 Å². The van der Waals surface area contributed by atoms with Gasteiger partial charge in [0.05, 0.1) is 26.0 Å². The molecule has 0 amide bonds. The molecule has 17 heavy (non-hydrogen) atoms. The van der Waals surface area contributed by atoms with E-state index in [0.717, 1.165) is 18.0 Å². The summed E-state index contributed by atoms with van der Waals surface area (Å²) in [5.74, 6) is 0.880. The van der Waals surface area contributed by atoms with Crippen LogP contribution in [0.3, 0.4) is 0 Å². The Kier molecular flexibility index (Phi) is 3.89. The third-order valence-corrected chi connectivity index (χ3v) is 2.44. The van der Waals surface area contributed by atoms with Crippen molar-refractivity contribution in [3.05, 3.63) is 24.5 Å². The number of rotatable bonds is 6. The number of hydrogen-bond acceptors (Lipinski definition) is 5. The Hall–Kier alpha value is -1.66. The van der Waals surface area contributed by atoms with Gasteiger partial charge in [-0.15, -0.1) is 0 Å². The number of ether oxygens (including phenoxy) is 1. The second-order valence-corrected chi connectivity index (χ2v) is 3.68. The lowest BCUT2D eigenvalue weighted by Gasteiger charge is -2.17. The van der Waals surface area contributed by atoms with Crippen LogP contribution in [0.4, 0.5) is 5.82 Å². The highest BCUT2D eigenvalue weighted by Crippen LogP contribution is 2.09. The molecule has 0 aliphatic heterocycles. The lowest BCUT2D eigenvalue weighted by Crippen LogP contribution is -2.24. The normalized spacial score (nSPS) is 10.9. The Bertz CT molecular complexity index is 471. The summed E-state index contributed by atoms with van der Waals surface area (Å²) < 4.78 is 6.93. The largest absolute Gasteiger partial charge is 0.394 e. The highest BCUT2D eigenvalue weighted by molar-refractivity contribution is 5.46. The summed E-state index contributed by atoms with van der Waals surface area (Å²) in [6.45, 7) is 1.74. The molecule has 1 N–H and O–H groups in total. The van der Waals surface area contributed by atoms with Gasteiger partial charge in [0.25, 0.3) is 0 Å². The molecule has 0 aromatic carbocycles. The predicted octanol–water partition coefficient (Wildman–Crippen LogP) is 0.174. The molecule has 2 aromatic rings. The molecule has 0 saturated heterocycles. The molecule has 2 aromatic heterocycles. The smallest absolute Gasteiger partial charge is 0.157 e. The van der Waals surface area contributed by atoms with E-state index < -0.39 is 0 Å². The highest BCUT2D eigenvalue weighted by Gasteiger charge is 2.03. The van der Waals surface area contributed by atoms with Crippen molar-refractivity contribution in [2.24, 2.45) is 0 Å². The van der Waals surface area contributed by atoms with Crippen LogP contribution >= 0.6 is 0 Å². The first kappa shape index (κ1) is 11.8. The predicted molar refractivity (Wildman–Crippen MR) is 64.2 cm³/mol. The summed E-state index contributed by atoms with van der Waals surface area (Å²) in [6.07, 6.45) is 3.60. The first-order valence-electron chi connectivity index (χ1n) is 5.51. The van der Waals surface area contributed by atoms with Crippen molar-refractivity contribution in [2.45, 2.75) is 0 Å². The molecule has 2 rings (SSSR count). The molecule has 0 aliphatic rings. The van der Waals surface area contributed by atoms with E-state index in [0.29, 0.717) is 13.2 Å². The number of aliphatic hydroxyl groups is 1. The maximum absolute atomic E-state index is 8.58. The molecule has 2 heterocycles. The van der Waals surface area contributed by atoms with Crippen LogP contribution in [0.5, 0.6) is 0 Å². The number of aromatic nitrogens is 3. The van der Waals surface area contributed by atoms with Gasteiger partial charge < -0.3 is 14.7 Å². The van der Waals surface area contributed by atoms with Gasteiger partial charge in [-0.3, -0.25) is 0 Å². The van der Waals surface area contributed by atoms with E-state index >= 15 is 0 Å². The van der Waals surface area contributed by atoms with Gasteiger partial charge in [0, 0.05) is 25.9 Å². The molecule has 0 saturated carbocycles. The first-order valence-corrected chi connectivity index (χ1v) is 5.51. The summed E-state index contributed by atoms with van der Waals surface area (Å²) in [4.78, 5) is 6.46. The maximum Gasteiger partial charge on any atom is 0.157 e. The lowest BCUT2D eigenvalue weighted by atomic mass is 10.5. The lowest BCUT2D eigenvalue weighted by molar-refractivity contribution is 0.0970. The average molecular weight is 236 g/mol. The zero-order valence-corrected chi connectivity index (χ0v) is 9.78. The monoisotopic (exact) mass is 236 g/mol. The van der Waals surface area contributed by atoms with Crippen LogP contribution in [0.2, 0.25) is 0 Å². The van der Waals surface area contributed by atoms with Crippen LogP contribution in [-0.2, 0) is 4.74 Å². The summed E-state index contributed by atoms with van der Waals surface area (Å²) in [5, 5.41) is 12.7. The molecule has 6 heteroatoms. The number of nitrogens with zero attached hydrogens (tertiary/aromatic N) is 4. The zero-order valence-electron chi connectivity index (χ0n) is 9.78. The Morgan fingerprint density at radius 3 is 3.12 bits per heavy atom. The van der Waals surface area contributed by atoms with Gasteiger partial charge in [0.1, 0.15) is 5.82 Å². The van der Waals surface area contributed by atoms with Crippen LogP contribution in [0, 0.1) is 0 Å². The molecular weight excluding hydrogens is 220 g/mol. The second-order valence-electron chi connectivity index (χ2n) is 3.68. The van der Waals surface area contributed by atoms with Gasteiger partial charge >= 0.3 is 0 Å². The van der Waals surface area contributed by atoms with Crippen LogP contribution in [0.25, 0.3) is 5.65 Å². The van der Waals surface area contributed by atoms with E-state index in [9.17, 15) is 0 Å². The summed E-state index contributed by atoms with van der Waals surface area (Å²) in [7, 11) is 1.96. The van der Waals surface area contributed by atoms with E-state index in [4.69, 9.17) is 9.84 Å². The van der Waals surface area contributed by atoms with E-state index in [2.05, 4.69) is 10.1 Å². The number of fused-ring (bicyclic) bond motifs is 1. The molecule has 0 aliphatic carbocycles. The van der Waals surface area contributed by atoms with Gasteiger partial charge in [-0.1, -0.05) is 0 Å². The van der Waals surface area contributed by atoms with Crippen molar-refractivity contribution in [1.29, 1.82) is 0 Å². The van der Waals surface area contributed by atoms with Crippen molar-refractivity contribution in [3.63, 3.8) is 0 Å². The van der Waals surface area contributed by atoms with E-state index in [1.807, 2.05) is 30.3 Å². The van der Waals surface area contributed by atoms with Gasteiger partial charge in [0.2, 0.25) is 0 Å². The van der Waals surface area contributed by atoms with Crippen molar-refractivity contribution in [2.75, 3.05) is 38.3 Å². The van der Waals surface area contributed by atoms with Gasteiger partial charge in [-0.2, -0.15) is 5.10 Å². The van der Waals surface area contributed by atoms with Gasteiger partial charge in [0.15, 0.2) is 5.65 Å². The van der Waals surface area contributed by atoms with Crippen molar-refractivity contribution in [3.8, 4) is 0 Å². The molecule has 0 spiro atoms. The molecule has 92 valence electrons. The second kappa shape index (κ2) is 5.60. The molecule has 0 fully saturated rings. The number of likely N-dealkylation sites (N-methyl/N-ethyl adjacent to an activating group) is 1. The fourth-order valence-electron chi connectivity index (χ4n) is 1.50. The Morgan fingerprint density at radius 1 is 1.41 bits per heavy atom. The summed E-state index contributed by atoms with van der Waals surface area (Å²) in [5.41, 5.74) is 0.825. The van der Waals surface area contributed by atoms with E-state index in [-0.39, 0.29) is 6.61 Å². The topological polar surface area (TPSA) is 62.9 Å². The first-order chi connectivity index (χ1) is 8.31. The number of hydrogen-bond donors (Lipinski definition) is 1. The standard InChI is InChI=1S/C11H16N4O2/c1-14(6-8-17-9-7-16)10-3-5-15-11(13-10)2-4-12-15/h2-5,16H,6-9H2,1H3. The molecule has 0 bridgehead atoms. The van der Waals surface area contributed by atoms with Gasteiger partial charge in [-0.05, 0) is 6.07 Å². The van der Waals surface area contributed by atoms with Crippen molar-refractivity contribution >= 4 is 11.5 Å². The highest BCUT2D eigenvalue weighted by atomic mass is 16.5. The van der Waals surface area contributed by atoms with Crippen LogP contribution in [-0.4, -0.2) is 53.1 Å². The molecular formula is C11H16N4O2. The maximum atomic E-state index is 8.58. The number of anilines is 1. The Labute approximate surface area is 99.4 Å². The number of aliphatic hydroxyl groups excluding tert-OH is 1. The minimum absolute atomic E-state index is 0.0593. The fourth-order valence-corrected chi connectivity index (χ4v) is 1.50. The molecule has 6 nitrogen and oxygen atoms in total. The minimum atomic E-state index is 0.0593. The third-order valence-electron chi connectivity index (χ3n) is 2.44. The van der Waals surface area contributed by atoms with E-state index in [1.165, 1.54) is 0 Å². The van der Waals surface area contributed by atoms with Crippen molar-refractivity contribution in [1.82, 2.24) is 14.6 Å². The molecule has 0 unspecified atom stereocenters. The Balaban J connectivity index is 1.95.